The molecule has 136 valence electrons. The number of carbonyl (C=O) groups excluding carboxylic acids is 2. The van der Waals surface area contributed by atoms with E-state index in [2.05, 4.69) is 0 Å². The Balaban J connectivity index is 1.95. The topological polar surface area (TPSA) is 65.4 Å². The zero-order valence-electron chi connectivity index (χ0n) is 14.6. The number of para-hydroxylation sites is 1. The number of carboxylic acid groups (broad SMARTS) is 1. The largest absolute Gasteiger partial charge is 0.548 e. The molecule has 0 unspecified atom stereocenters. The molecule has 0 spiro atoms. The summed E-state index contributed by atoms with van der Waals surface area (Å²) in [6.07, 6.45) is 5.60. The summed E-state index contributed by atoms with van der Waals surface area (Å²) in [6.45, 7) is 1.97. The molecule has 3 rings (SSSR count). The number of thioether (sulfide) groups is 1. The third-order valence-electron chi connectivity index (χ3n) is 4.45. The summed E-state index contributed by atoms with van der Waals surface area (Å²) < 4.78 is 2.26. The predicted molar refractivity (Wildman–Crippen MR) is 106 cm³/mol. The van der Waals surface area contributed by atoms with Gasteiger partial charge >= 0.3 is 0 Å². The second-order valence-electron chi connectivity index (χ2n) is 6.24. The first-order chi connectivity index (χ1) is 12.4. The van der Waals surface area contributed by atoms with E-state index in [1.54, 1.807) is 6.08 Å². The number of fused-ring (bicyclic) bond motifs is 1. The van der Waals surface area contributed by atoms with Crippen LogP contribution in [0.25, 0.3) is 17.0 Å². The first-order valence-electron chi connectivity index (χ1n) is 8.46. The lowest BCUT2D eigenvalue weighted by molar-refractivity contribution is -0.310. The summed E-state index contributed by atoms with van der Waals surface area (Å²) in [5, 5.41) is 12.6. The number of aromatic nitrogens is 1. The SMILES string of the molecule is CCCC[C@@H](C(=O)[O-])N1C(=O)/C(=C/c2cn(C)c3ccccc23)SC1=S. The highest BCUT2D eigenvalue weighted by Gasteiger charge is 2.37. The number of thiocarbonyl (C=S) groups is 1. The highest BCUT2D eigenvalue weighted by molar-refractivity contribution is 8.26. The van der Waals surface area contributed by atoms with Gasteiger partial charge in [0.25, 0.3) is 5.91 Å². The Kier molecular flexibility index (Phi) is 5.48. The molecular weight excluding hydrogens is 368 g/mol. The molecule has 1 aliphatic heterocycles. The first-order valence-corrected chi connectivity index (χ1v) is 9.68. The van der Waals surface area contributed by atoms with E-state index >= 15 is 0 Å². The molecule has 5 nitrogen and oxygen atoms in total. The number of benzene rings is 1. The molecule has 2 aromatic rings. The summed E-state index contributed by atoms with van der Waals surface area (Å²) in [6, 6.07) is 6.90. The van der Waals surface area contributed by atoms with Crippen LogP contribution in [0.2, 0.25) is 0 Å². The molecule has 7 heteroatoms. The minimum Gasteiger partial charge on any atom is -0.548 e. The Hall–Kier alpha value is -2.12. The minimum atomic E-state index is -1.26. The maximum Gasteiger partial charge on any atom is 0.266 e. The molecule has 0 radical (unpaired) electrons. The molecule has 0 N–H and O–H groups in total. The van der Waals surface area contributed by atoms with Crippen LogP contribution < -0.4 is 5.11 Å². The number of amides is 1. The fourth-order valence-electron chi connectivity index (χ4n) is 3.13. The molecule has 0 aliphatic carbocycles. The first kappa shape index (κ1) is 18.7. The lowest BCUT2D eigenvalue weighted by Crippen LogP contribution is -2.49. The van der Waals surface area contributed by atoms with E-state index in [1.165, 1.54) is 4.90 Å². The Labute approximate surface area is 161 Å². The van der Waals surface area contributed by atoms with Gasteiger partial charge in [0.1, 0.15) is 4.32 Å². The lowest BCUT2D eigenvalue weighted by atomic mass is 10.1. The third kappa shape index (κ3) is 3.41. The molecule has 0 saturated carbocycles. The quantitative estimate of drug-likeness (QED) is 0.563. The summed E-state index contributed by atoms with van der Waals surface area (Å²) >= 11 is 6.43. The van der Waals surface area contributed by atoms with Crippen molar-refractivity contribution in [3.8, 4) is 0 Å². The van der Waals surface area contributed by atoms with E-state index in [9.17, 15) is 14.7 Å². The van der Waals surface area contributed by atoms with Crippen molar-refractivity contribution in [3.05, 3.63) is 40.9 Å². The van der Waals surface area contributed by atoms with Crippen LogP contribution in [-0.4, -0.2) is 31.7 Å². The molecule has 1 aliphatic rings. The smallest absolute Gasteiger partial charge is 0.266 e. The van der Waals surface area contributed by atoms with Crippen LogP contribution in [0.4, 0.5) is 0 Å². The maximum atomic E-state index is 12.8. The highest BCUT2D eigenvalue weighted by Crippen LogP contribution is 2.36. The van der Waals surface area contributed by atoms with Crippen molar-refractivity contribution in [1.82, 2.24) is 9.47 Å². The van der Waals surface area contributed by atoms with Crippen molar-refractivity contribution in [1.29, 1.82) is 0 Å². The van der Waals surface area contributed by atoms with Gasteiger partial charge < -0.3 is 14.5 Å². The molecule has 1 aromatic carbocycles. The van der Waals surface area contributed by atoms with Crippen LogP contribution in [0.15, 0.2) is 35.4 Å². The Morgan fingerprint density at radius 2 is 2.12 bits per heavy atom. The highest BCUT2D eigenvalue weighted by atomic mass is 32.2. The van der Waals surface area contributed by atoms with Gasteiger partial charge in [0, 0.05) is 29.7 Å². The zero-order chi connectivity index (χ0) is 18.8. The van der Waals surface area contributed by atoms with Gasteiger partial charge in [-0.25, -0.2) is 0 Å². The summed E-state index contributed by atoms with van der Waals surface area (Å²) in [5.74, 6) is -1.63. The van der Waals surface area contributed by atoms with Crippen LogP contribution in [0.5, 0.6) is 0 Å². The molecule has 1 fully saturated rings. The fraction of sp³-hybridized carbons (Fsp3) is 0.316. The average Bonchev–Trinajstić information content (AvgIpc) is 3.07. The van der Waals surface area contributed by atoms with Gasteiger partial charge in [0.2, 0.25) is 0 Å². The van der Waals surface area contributed by atoms with Crippen LogP contribution in [0.1, 0.15) is 31.7 Å². The fourth-order valence-corrected chi connectivity index (χ4v) is 4.48. The van der Waals surface area contributed by atoms with Gasteiger partial charge in [-0.3, -0.25) is 9.69 Å². The minimum absolute atomic E-state index is 0.270. The monoisotopic (exact) mass is 387 g/mol. The van der Waals surface area contributed by atoms with Crippen molar-refractivity contribution >= 4 is 57.2 Å². The van der Waals surface area contributed by atoms with Crippen LogP contribution in [0, 0.1) is 0 Å². The van der Waals surface area contributed by atoms with Crippen molar-refractivity contribution in [2.24, 2.45) is 7.05 Å². The van der Waals surface area contributed by atoms with Gasteiger partial charge in [-0.1, -0.05) is 61.9 Å². The maximum absolute atomic E-state index is 12.8. The number of rotatable bonds is 6. The van der Waals surface area contributed by atoms with E-state index < -0.39 is 12.0 Å². The van der Waals surface area contributed by atoms with Crippen molar-refractivity contribution in [2.75, 3.05) is 0 Å². The van der Waals surface area contributed by atoms with E-state index in [1.807, 2.05) is 49.0 Å². The number of carboxylic acids is 1. The molecule has 1 atom stereocenters. The predicted octanol–water partition coefficient (Wildman–Crippen LogP) is 2.69. The van der Waals surface area contributed by atoms with Gasteiger partial charge in [0.15, 0.2) is 0 Å². The lowest BCUT2D eigenvalue weighted by Gasteiger charge is -2.27. The zero-order valence-corrected chi connectivity index (χ0v) is 16.2. The number of nitrogens with zero attached hydrogens (tertiary/aromatic N) is 2. The summed E-state index contributed by atoms with van der Waals surface area (Å²) in [4.78, 5) is 26.0. The second-order valence-corrected chi connectivity index (χ2v) is 7.92. The molecule has 0 bridgehead atoms. The Morgan fingerprint density at radius 3 is 2.81 bits per heavy atom. The number of carbonyl (C=O) groups is 2. The van der Waals surface area contributed by atoms with Crippen LogP contribution in [-0.2, 0) is 16.6 Å². The Bertz CT molecular complexity index is 917. The molecule has 2 heterocycles. The van der Waals surface area contributed by atoms with Crippen LogP contribution in [0.3, 0.4) is 0 Å². The van der Waals surface area contributed by atoms with Crippen LogP contribution >= 0.6 is 24.0 Å². The second kappa shape index (κ2) is 7.63. The summed E-state index contributed by atoms with van der Waals surface area (Å²) in [7, 11) is 1.95. The number of aryl methyl sites for hydroxylation is 1. The van der Waals surface area contributed by atoms with Gasteiger partial charge in [0.05, 0.1) is 16.9 Å². The average molecular weight is 388 g/mol. The van der Waals surface area contributed by atoms with Crippen molar-refractivity contribution < 1.29 is 14.7 Å². The molecule has 1 saturated heterocycles. The molecule has 1 aromatic heterocycles. The number of aliphatic carboxylic acids is 1. The number of hydrogen-bond acceptors (Lipinski definition) is 5. The number of hydrogen-bond donors (Lipinski definition) is 0. The normalized spacial score (nSPS) is 17.5. The van der Waals surface area contributed by atoms with Gasteiger partial charge in [-0.05, 0) is 18.6 Å². The standard InChI is InChI=1S/C19H20N2O3S2/c1-3-4-8-15(18(23)24)21-17(22)16(26-19(21)25)10-12-11-20(2)14-9-6-5-7-13(12)14/h5-7,9-11,15H,3-4,8H2,1-2H3,(H,23,24)/p-1/b16-10-/t15-/m0/s1. The van der Waals surface area contributed by atoms with E-state index in [0.717, 1.165) is 34.6 Å². The van der Waals surface area contributed by atoms with E-state index in [0.29, 0.717) is 17.7 Å². The van der Waals surface area contributed by atoms with Crippen molar-refractivity contribution in [2.45, 2.75) is 32.2 Å². The third-order valence-corrected chi connectivity index (χ3v) is 5.78. The van der Waals surface area contributed by atoms with Gasteiger partial charge in [-0.15, -0.1) is 0 Å². The molecule has 26 heavy (non-hydrogen) atoms. The summed E-state index contributed by atoms with van der Waals surface area (Å²) in [5.41, 5.74) is 1.96. The van der Waals surface area contributed by atoms with E-state index in [-0.39, 0.29) is 10.2 Å². The Morgan fingerprint density at radius 1 is 1.38 bits per heavy atom. The van der Waals surface area contributed by atoms with Crippen molar-refractivity contribution in [3.63, 3.8) is 0 Å². The molecular formula is C19H19N2O3S2-. The van der Waals surface area contributed by atoms with Gasteiger partial charge in [-0.2, -0.15) is 0 Å². The van der Waals surface area contributed by atoms with E-state index in [4.69, 9.17) is 12.2 Å². The molecule has 1 amide bonds. The number of unbranched alkanes of at least 4 members (excludes halogenated alkanes) is 1.